The molecule has 0 spiro atoms. The second-order valence-electron chi connectivity index (χ2n) is 3.25. The van der Waals surface area contributed by atoms with E-state index in [1.165, 1.54) is 6.21 Å². The largest absolute Gasteiger partial charge is 0.397 e. The lowest BCUT2D eigenvalue weighted by Crippen LogP contribution is -2.03. The monoisotopic (exact) mass is 191 g/mol. The third-order valence-electron chi connectivity index (χ3n) is 2.29. The minimum absolute atomic E-state index is 0.773. The van der Waals surface area contributed by atoms with Gasteiger partial charge in [-0.25, -0.2) is 0 Å². The summed E-state index contributed by atoms with van der Waals surface area (Å²) in [6.07, 6.45) is 3.38. The molecule has 1 rings (SSSR count). The van der Waals surface area contributed by atoms with Gasteiger partial charge in [-0.3, -0.25) is 0 Å². The van der Waals surface area contributed by atoms with Gasteiger partial charge in [0.25, 0.3) is 0 Å². The SMILES string of the molecule is CCCc1ccc(C=N)c(NC)c1N. The van der Waals surface area contributed by atoms with Gasteiger partial charge in [-0.05, 0) is 12.0 Å². The van der Waals surface area contributed by atoms with Crippen molar-refractivity contribution in [2.75, 3.05) is 18.1 Å². The Kier molecular flexibility index (Phi) is 3.51. The van der Waals surface area contributed by atoms with Gasteiger partial charge in [-0.15, -0.1) is 0 Å². The summed E-state index contributed by atoms with van der Waals surface area (Å²) >= 11 is 0. The van der Waals surface area contributed by atoms with Gasteiger partial charge in [-0.2, -0.15) is 0 Å². The summed E-state index contributed by atoms with van der Waals surface area (Å²) in [6, 6.07) is 3.93. The van der Waals surface area contributed by atoms with Crippen molar-refractivity contribution in [2.24, 2.45) is 0 Å². The van der Waals surface area contributed by atoms with E-state index >= 15 is 0 Å². The molecule has 0 unspecified atom stereocenters. The minimum atomic E-state index is 0.773. The van der Waals surface area contributed by atoms with E-state index in [-0.39, 0.29) is 0 Å². The third kappa shape index (κ3) is 1.87. The van der Waals surface area contributed by atoms with Crippen molar-refractivity contribution in [2.45, 2.75) is 19.8 Å². The Morgan fingerprint density at radius 1 is 1.50 bits per heavy atom. The van der Waals surface area contributed by atoms with Crippen LogP contribution in [-0.2, 0) is 6.42 Å². The molecule has 1 aromatic carbocycles. The first-order chi connectivity index (χ1) is 6.74. The molecule has 4 N–H and O–H groups in total. The van der Waals surface area contributed by atoms with E-state index in [1.54, 1.807) is 0 Å². The average molecular weight is 191 g/mol. The van der Waals surface area contributed by atoms with E-state index in [0.717, 1.165) is 35.3 Å². The van der Waals surface area contributed by atoms with Crippen LogP contribution in [0.15, 0.2) is 12.1 Å². The van der Waals surface area contributed by atoms with Gasteiger partial charge in [-0.1, -0.05) is 25.5 Å². The molecule has 0 bridgehead atoms. The van der Waals surface area contributed by atoms with Crippen LogP contribution >= 0.6 is 0 Å². The Bertz CT molecular complexity index is 332. The molecule has 1 aromatic rings. The highest BCUT2D eigenvalue weighted by Gasteiger charge is 2.06. The lowest BCUT2D eigenvalue weighted by molar-refractivity contribution is 0.924. The summed E-state index contributed by atoms with van der Waals surface area (Å²) in [5.74, 6) is 0. The average Bonchev–Trinajstić information content (AvgIpc) is 2.21. The van der Waals surface area contributed by atoms with Crippen molar-refractivity contribution >= 4 is 17.6 Å². The smallest absolute Gasteiger partial charge is 0.0663 e. The predicted molar refractivity (Wildman–Crippen MR) is 62.3 cm³/mol. The van der Waals surface area contributed by atoms with Gasteiger partial charge in [0.2, 0.25) is 0 Å². The van der Waals surface area contributed by atoms with Crippen molar-refractivity contribution in [3.8, 4) is 0 Å². The third-order valence-corrected chi connectivity index (χ3v) is 2.29. The van der Waals surface area contributed by atoms with E-state index in [4.69, 9.17) is 11.1 Å². The molecule has 3 nitrogen and oxygen atoms in total. The quantitative estimate of drug-likeness (QED) is 0.505. The number of nitrogen functional groups attached to an aromatic ring is 1. The molecule has 0 fully saturated rings. The second-order valence-corrected chi connectivity index (χ2v) is 3.25. The number of aryl methyl sites for hydroxylation is 1. The molecule has 0 heterocycles. The predicted octanol–water partition coefficient (Wildman–Crippen LogP) is 2.26. The molecular weight excluding hydrogens is 174 g/mol. The fourth-order valence-corrected chi connectivity index (χ4v) is 1.57. The van der Waals surface area contributed by atoms with Crippen LogP contribution in [0.5, 0.6) is 0 Å². The van der Waals surface area contributed by atoms with Gasteiger partial charge in [0.05, 0.1) is 11.4 Å². The molecule has 0 amide bonds. The Morgan fingerprint density at radius 3 is 2.71 bits per heavy atom. The highest BCUT2D eigenvalue weighted by atomic mass is 14.9. The maximum absolute atomic E-state index is 7.24. The van der Waals surface area contributed by atoms with Gasteiger partial charge in [0, 0.05) is 18.8 Å². The fourth-order valence-electron chi connectivity index (χ4n) is 1.57. The first-order valence-corrected chi connectivity index (χ1v) is 4.84. The number of hydrogen-bond acceptors (Lipinski definition) is 3. The molecule has 14 heavy (non-hydrogen) atoms. The Morgan fingerprint density at radius 2 is 2.21 bits per heavy atom. The number of nitrogens with one attached hydrogen (secondary N) is 2. The maximum Gasteiger partial charge on any atom is 0.0663 e. The standard InChI is InChI=1S/C11H17N3/c1-3-4-8-5-6-9(7-12)11(14-2)10(8)13/h5-7,12,14H,3-4,13H2,1-2H3. The highest BCUT2D eigenvalue weighted by molar-refractivity contribution is 5.91. The van der Waals surface area contributed by atoms with E-state index in [2.05, 4.69) is 12.2 Å². The Hall–Kier alpha value is -1.51. The number of nitrogens with two attached hydrogens (primary N) is 1. The summed E-state index contributed by atoms with van der Waals surface area (Å²) in [7, 11) is 1.83. The Balaban J connectivity index is 3.20. The second kappa shape index (κ2) is 4.65. The number of anilines is 2. The molecule has 0 saturated carbocycles. The number of hydrogen-bond donors (Lipinski definition) is 3. The fraction of sp³-hybridized carbons (Fsp3) is 0.364. The molecule has 0 aliphatic rings. The van der Waals surface area contributed by atoms with Crippen LogP contribution in [0.4, 0.5) is 11.4 Å². The minimum Gasteiger partial charge on any atom is -0.397 e. The zero-order valence-electron chi connectivity index (χ0n) is 8.72. The van der Waals surface area contributed by atoms with Crippen LogP contribution in [0.2, 0.25) is 0 Å². The van der Waals surface area contributed by atoms with Crippen LogP contribution in [0, 0.1) is 5.41 Å². The lowest BCUT2D eigenvalue weighted by atomic mass is 10.0. The topological polar surface area (TPSA) is 61.9 Å². The highest BCUT2D eigenvalue weighted by Crippen LogP contribution is 2.26. The van der Waals surface area contributed by atoms with Crippen molar-refractivity contribution in [3.05, 3.63) is 23.3 Å². The molecule has 0 saturated heterocycles. The summed E-state index contributed by atoms with van der Waals surface area (Å²) in [5.41, 5.74) is 9.62. The van der Waals surface area contributed by atoms with Crippen LogP contribution in [-0.4, -0.2) is 13.3 Å². The van der Waals surface area contributed by atoms with Crippen molar-refractivity contribution < 1.29 is 0 Å². The summed E-state index contributed by atoms with van der Waals surface area (Å²) in [4.78, 5) is 0. The van der Waals surface area contributed by atoms with Gasteiger partial charge < -0.3 is 16.5 Å². The zero-order chi connectivity index (χ0) is 10.6. The van der Waals surface area contributed by atoms with Crippen LogP contribution in [0.25, 0.3) is 0 Å². The van der Waals surface area contributed by atoms with Crippen molar-refractivity contribution in [3.63, 3.8) is 0 Å². The van der Waals surface area contributed by atoms with Gasteiger partial charge >= 0.3 is 0 Å². The van der Waals surface area contributed by atoms with E-state index < -0.39 is 0 Å². The van der Waals surface area contributed by atoms with E-state index in [0.29, 0.717) is 0 Å². The normalized spacial score (nSPS) is 9.86. The first-order valence-electron chi connectivity index (χ1n) is 4.84. The summed E-state index contributed by atoms with van der Waals surface area (Å²) < 4.78 is 0. The molecule has 76 valence electrons. The van der Waals surface area contributed by atoms with E-state index in [9.17, 15) is 0 Å². The molecule has 0 radical (unpaired) electrons. The molecule has 3 heteroatoms. The van der Waals surface area contributed by atoms with E-state index in [1.807, 2.05) is 19.2 Å². The molecular formula is C11H17N3. The van der Waals surface area contributed by atoms with Gasteiger partial charge in [0.1, 0.15) is 0 Å². The molecule has 0 aliphatic carbocycles. The number of rotatable bonds is 4. The number of benzene rings is 1. The Labute approximate surface area is 84.8 Å². The molecule has 0 aromatic heterocycles. The van der Waals surface area contributed by atoms with Crippen molar-refractivity contribution in [1.29, 1.82) is 5.41 Å². The van der Waals surface area contributed by atoms with Gasteiger partial charge in [0.15, 0.2) is 0 Å². The van der Waals surface area contributed by atoms with Crippen LogP contribution < -0.4 is 11.1 Å². The lowest BCUT2D eigenvalue weighted by Gasteiger charge is -2.12. The molecule has 0 atom stereocenters. The van der Waals surface area contributed by atoms with Crippen LogP contribution in [0.1, 0.15) is 24.5 Å². The first kappa shape index (κ1) is 10.6. The molecule has 0 aliphatic heterocycles. The maximum atomic E-state index is 7.24. The summed E-state index contributed by atoms with van der Waals surface area (Å²) in [6.45, 7) is 2.13. The summed E-state index contributed by atoms with van der Waals surface area (Å²) in [5, 5.41) is 10.3. The van der Waals surface area contributed by atoms with Crippen LogP contribution in [0.3, 0.4) is 0 Å². The zero-order valence-corrected chi connectivity index (χ0v) is 8.72. The van der Waals surface area contributed by atoms with Crippen molar-refractivity contribution in [1.82, 2.24) is 0 Å².